The number of thioether (sulfide) groups is 1. The second-order valence-corrected chi connectivity index (χ2v) is 7.27. The number of benzene rings is 2. The lowest BCUT2D eigenvalue weighted by atomic mass is 10.2. The number of nitrogens with zero attached hydrogens (tertiary/aromatic N) is 3. The van der Waals surface area contributed by atoms with E-state index in [2.05, 4.69) is 9.55 Å². The topological polar surface area (TPSA) is 30.7 Å². The van der Waals surface area contributed by atoms with Gasteiger partial charge in [0.05, 0.1) is 23.8 Å². The van der Waals surface area contributed by atoms with Crippen LogP contribution in [0.5, 0.6) is 0 Å². The van der Waals surface area contributed by atoms with Crippen LogP contribution in [0.25, 0.3) is 11.0 Å². The molecule has 0 fully saturated rings. The number of imidazole rings is 1. The van der Waals surface area contributed by atoms with Gasteiger partial charge in [-0.25, -0.2) is 9.37 Å². The Balaban J connectivity index is 1.67. The Bertz CT molecular complexity index is 1060. The predicted octanol–water partition coefficient (Wildman–Crippen LogP) is 5.56. The van der Waals surface area contributed by atoms with E-state index >= 15 is 0 Å². The molecule has 0 aliphatic carbocycles. The third-order valence-electron chi connectivity index (χ3n) is 4.00. The van der Waals surface area contributed by atoms with Gasteiger partial charge >= 0.3 is 0 Å². The summed E-state index contributed by atoms with van der Waals surface area (Å²) >= 11 is 7.70. The minimum atomic E-state index is -0.222. The molecule has 0 unspecified atom stereocenters. The van der Waals surface area contributed by atoms with E-state index in [0.717, 1.165) is 27.3 Å². The maximum atomic E-state index is 13.4. The van der Waals surface area contributed by atoms with E-state index in [1.54, 1.807) is 30.1 Å². The van der Waals surface area contributed by atoms with E-state index in [-0.39, 0.29) is 5.82 Å². The minimum absolute atomic E-state index is 0.222. The van der Waals surface area contributed by atoms with E-state index in [1.807, 2.05) is 42.6 Å². The molecule has 0 bridgehead atoms. The third kappa shape index (κ3) is 3.74. The number of hydrogen-bond acceptors (Lipinski definition) is 3. The molecule has 26 heavy (non-hydrogen) atoms. The average molecular weight is 384 g/mol. The van der Waals surface area contributed by atoms with Gasteiger partial charge in [-0.1, -0.05) is 47.6 Å². The average Bonchev–Trinajstić information content (AvgIpc) is 2.98. The van der Waals surface area contributed by atoms with Gasteiger partial charge in [0.15, 0.2) is 5.16 Å². The van der Waals surface area contributed by atoms with Gasteiger partial charge in [0.25, 0.3) is 0 Å². The molecule has 0 saturated heterocycles. The van der Waals surface area contributed by atoms with Crippen molar-refractivity contribution in [1.82, 2.24) is 14.5 Å². The zero-order valence-corrected chi connectivity index (χ0v) is 15.3. The molecule has 2 aromatic carbocycles. The fraction of sp³-hybridized carbons (Fsp3) is 0.100. The van der Waals surface area contributed by atoms with E-state index in [4.69, 9.17) is 16.6 Å². The SMILES string of the molecule is Fc1cccc(CSc2nc3ccncc3n2Cc2cccc(Cl)c2)c1. The summed E-state index contributed by atoms with van der Waals surface area (Å²) in [5, 5.41) is 1.58. The van der Waals surface area contributed by atoms with Crippen LogP contribution < -0.4 is 0 Å². The highest BCUT2D eigenvalue weighted by Crippen LogP contribution is 2.28. The molecule has 0 aliphatic rings. The standard InChI is InChI=1S/C20H15ClFN3S/c21-16-5-1-3-14(9-16)12-25-19-11-23-8-7-18(19)24-20(25)26-13-15-4-2-6-17(22)10-15/h1-11H,12-13H2. The van der Waals surface area contributed by atoms with Crippen molar-refractivity contribution in [2.24, 2.45) is 0 Å². The number of rotatable bonds is 5. The molecule has 6 heteroatoms. The zero-order valence-electron chi connectivity index (χ0n) is 13.8. The second-order valence-electron chi connectivity index (χ2n) is 5.89. The smallest absolute Gasteiger partial charge is 0.169 e. The highest BCUT2D eigenvalue weighted by atomic mass is 35.5. The van der Waals surface area contributed by atoms with Gasteiger partial charge in [-0.3, -0.25) is 4.98 Å². The molecule has 0 saturated carbocycles. The molecule has 2 aromatic heterocycles. The molecule has 130 valence electrons. The monoisotopic (exact) mass is 383 g/mol. The zero-order chi connectivity index (χ0) is 17.9. The Morgan fingerprint density at radius 2 is 1.88 bits per heavy atom. The van der Waals surface area contributed by atoms with E-state index < -0.39 is 0 Å². The van der Waals surface area contributed by atoms with Gasteiger partial charge < -0.3 is 4.57 Å². The summed E-state index contributed by atoms with van der Waals surface area (Å²) < 4.78 is 15.5. The van der Waals surface area contributed by atoms with Crippen molar-refractivity contribution in [3.63, 3.8) is 0 Å². The van der Waals surface area contributed by atoms with Crippen LogP contribution in [0.1, 0.15) is 11.1 Å². The molecule has 0 radical (unpaired) electrons. The van der Waals surface area contributed by atoms with Crippen LogP contribution in [0.15, 0.2) is 72.1 Å². The molecule has 2 heterocycles. The fourth-order valence-corrected chi connectivity index (χ4v) is 3.97. The first-order valence-corrected chi connectivity index (χ1v) is 9.47. The van der Waals surface area contributed by atoms with Gasteiger partial charge in [-0.15, -0.1) is 0 Å². The number of fused-ring (bicyclic) bond motifs is 1. The normalized spacial score (nSPS) is 11.2. The highest BCUT2D eigenvalue weighted by Gasteiger charge is 2.12. The molecule has 3 nitrogen and oxygen atoms in total. The van der Waals surface area contributed by atoms with Crippen molar-refractivity contribution in [1.29, 1.82) is 0 Å². The molecule has 4 aromatic rings. The van der Waals surface area contributed by atoms with E-state index in [0.29, 0.717) is 17.3 Å². The summed E-state index contributed by atoms with van der Waals surface area (Å²) in [7, 11) is 0. The highest BCUT2D eigenvalue weighted by molar-refractivity contribution is 7.98. The first kappa shape index (κ1) is 17.1. The second kappa shape index (κ2) is 7.48. The molecule has 0 spiro atoms. The third-order valence-corrected chi connectivity index (χ3v) is 5.28. The summed E-state index contributed by atoms with van der Waals surface area (Å²) in [5.74, 6) is 0.420. The van der Waals surface area contributed by atoms with Crippen molar-refractivity contribution in [3.05, 3.63) is 89.0 Å². The van der Waals surface area contributed by atoms with Crippen molar-refractivity contribution < 1.29 is 4.39 Å². The molecule has 0 aliphatic heterocycles. The van der Waals surface area contributed by atoms with Crippen molar-refractivity contribution in [2.75, 3.05) is 0 Å². The summed E-state index contributed by atoms with van der Waals surface area (Å²) in [6.45, 7) is 0.647. The Morgan fingerprint density at radius 1 is 1.04 bits per heavy atom. The van der Waals surface area contributed by atoms with E-state index in [9.17, 15) is 4.39 Å². The maximum absolute atomic E-state index is 13.4. The molecule has 0 atom stereocenters. The Kier molecular flexibility index (Phi) is 4.91. The quantitative estimate of drug-likeness (QED) is 0.422. The van der Waals surface area contributed by atoms with Gasteiger partial charge in [0.2, 0.25) is 0 Å². The number of pyridine rings is 1. The number of hydrogen-bond donors (Lipinski definition) is 0. The van der Waals surface area contributed by atoms with Crippen LogP contribution in [-0.2, 0) is 12.3 Å². The van der Waals surface area contributed by atoms with Crippen LogP contribution in [-0.4, -0.2) is 14.5 Å². The first-order valence-electron chi connectivity index (χ1n) is 8.11. The van der Waals surface area contributed by atoms with Crippen LogP contribution in [0.3, 0.4) is 0 Å². The van der Waals surface area contributed by atoms with Crippen LogP contribution in [0.4, 0.5) is 4.39 Å². The largest absolute Gasteiger partial charge is 0.313 e. The number of aromatic nitrogens is 3. The molecule has 0 amide bonds. The molecular weight excluding hydrogens is 369 g/mol. The molecule has 4 rings (SSSR count). The van der Waals surface area contributed by atoms with E-state index in [1.165, 1.54) is 6.07 Å². The Labute approximate surface area is 159 Å². The Hall–Kier alpha value is -2.37. The van der Waals surface area contributed by atoms with Gasteiger partial charge in [0, 0.05) is 17.0 Å². The summed E-state index contributed by atoms with van der Waals surface area (Å²) in [6, 6.07) is 16.3. The maximum Gasteiger partial charge on any atom is 0.169 e. The van der Waals surface area contributed by atoms with Gasteiger partial charge in [-0.05, 0) is 41.5 Å². The summed E-state index contributed by atoms with van der Waals surface area (Å²) in [4.78, 5) is 8.96. The molecule has 0 N–H and O–H groups in total. The van der Waals surface area contributed by atoms with Crippen molar-refractivity contribution in [2.45, 2.75) is 17.5 Å². The minimum Gasteiger partial charge on any atom is -0.313 e. The van der Waals surface area contributed by atoms with Crippen molar-refractivity contribution >= 4 is 34.4 Å². The van der Waals surface area contributed by atoms with Gasteiger partial charge in [0.1, 0.15) is 5.82 Å². The lowest BCUT2D eigenvalue weighted by Gasteiger charge is -2.09. The first-order chi connectivity index (χ1) is 12.7. The Morgan fingerprint density at radius 3 is 2.73 bits per heavy atom. The predicted molar refractivity (Wildman–Crippen MR) is 104 cm³/mol. The molecular formula is C20H15ClFN3S. The van der Waals surface area contributed by atoms with Crippen molar-refractivity contribution in [3.8, 4) is 0 Å². The lowest BCUT2D eigenvalue weighted by molar-refractivity contribution is 0.626. The van der Waals surface area contributed by atoms with Crippen LogP contribution in [0.2, 0.25) is 5.02 Å². The van der Waals surface area contributed by atoms with Gasteiger partial charge in [-0.2, -0.15) is 0 Å². The summed E-state index contributed by atoms with van der Waals surface area (Å²) in [5.41, 5.74) is 3.88. The van der Waals surface area contributed by atoms with Crippen LogP contribution in [0, 0.1) is 5.82 Å². The fourth-order valence-electron chi connectivity index (χ4n) is 2.80. The lowest BCUT2D eigenvalue weighted by Crippen LogP contribution is -2.02. The number of halogens is 2. The summed E-state index contributed by atoms with van der Waals surface area (Å²) in [6.07, 6.45) is 3.55. The van der Waals surface area contributed by atoms with Crippen LogP contribution >= 0.6 is 23.4 Å².